The molecule has 1 fully saturated rings. The maximum absolute atomic E-state index is 11.2. The number of hydrogen-bond acceptors (Lipinski definition) is 3. The van der Waals surface area contributed by atoms with Crippen LogP contribution in [0.1, 0.15) is 12.8 Å². The molecule has 1 saturated heterocycles. The highest BCUT2D eigenvalue weighted by atomic mass is 16.4. The van der Waals surface area contributed by atoms with E-state index in [-0.39, 0.29) is 11.9 Å². The monoisotopic (exact) mass is 229 g/mol. The Morgan fingerprint density at radius 3 is 2.81 bits per heavy atom. The number of likely N-dealkylation sites (N-methyl/N-ethyl adjacent to an activating group) is 1. The Balaban J connectivity index is 2.29. The topological polar surface area (TPSA) is 98.7 Å². The lowest BCUT2D eigenvalue weighted by atomic mass is 10.1. The van der Waals surface area contributed by atoms with Crippen LogP contribution in [0.5, 0.6) is 0 Å². The zero-order chi connectivity index (χ0) is 12.1. The van der Waals surface area contributed by atoms with Gasteiger partial charge in [0.15, 0.2) is 0 Å². The number of nitrogens with one attached hydrogen (secondary N) is 2. The molecule has 7 nitrogen and oxygen atoms in total. The molecule has 90 valence electrons. The predicted molar refractivity (Wildman–Crippen MR) is 54.8 cm³/mol. The van der Waals surface area contributed by atoms with Crippen LogP contribution in [0.2, 0.25) is 0 Å². The summed E-state index contributed by atoms with van der Waals surface area (Å²) in [4.78, 5) is 34.1. The fraction of sp³-hybridized carbons (Fsp3) is 0.667. The van der Waals surface area contributed by atoms with Crippen LogP contribution in [-0.2, 0) is 9.59 Å². The molecule has 0 radical (unpaired) electrons. The molecule has 0 spiro atoms. The van der Waals surface area contributed by atoms with Crippen molar-refractivity contribution >= 4 is 17.9 Å². The van der Waals surface area contributed by atoms with E-state index >= 15 is 0 Å². The van der Waals surface area contributed by atoms with Crippen molar-refractivity contribution in [2.24, 2.45) is 0 Å². The van der Waals surface area contributed by atoms with Crippen LogP contribution in [0.4, 0.5) is 4.79 Å². The van der Waals surface area contributed by atoms with Crippen molar-refractivity contribution in [3.8, 4) is 0 Å². The van der Waals surface area contributed by atoms with Gasteiger partial charge in [0.25, 0.3) is 0 Å². The van der Waals surface area contributed by atoms with Crippen molar-refractivity contribution in [2.45, 2.75) is 18.9 Å². The first-order valence-electron chi connectivity index (χ1n) is 4.99. The lowest BCUT2D eigenvalue weighted by Gasteiger charge is -2.30. The van der Waals surface area contributed by atoms with Gasteiger partial charge in [-0.05, 0) is 6.42 Å². The number of likely N-dealkylation sites (tertiary alicyclic amines) is 1. The quantitative estimate of drug-likeness (QED) is 0.577. The Labute approximate surface area is 92.8 Å². The van der Waals surface area contributed by atoms with Gasteiger partial charge in [0, 0.05) is 26.1 Å². The van der Waals surface area contributed by atoms with E-state index in [2.05, 4.69) is 10.6 Å². The average Bonchev–Trinajstić information content (AvgIpc) is 2.21. The number of aliphatic carboxylic acids is 1. The van der Waals surface area contributed by atoms with E-state index in [1.165, 1.54) is 0 Å². The summed E-state index contributed by atoms with van der Waals surface area (Å²) in [6.45, 7) is 0.0483. The van der Waals surface area contributed by atoms with Crippen molar-refractivity contribution < 1.29 is 19.5 Å². The molecule has 1 unspecified atom stereocenters. The summed E-state index contributed by atoms with van der Waals surface area (Å²) in [6.07, 6.45) is 0.990. The molecule has 1 atom stereocenters. The number of rotatable bonds is 3. The van der Waals surface area contributed by atoms with E-state index in [1.54, 1.807) is 11.9 Å². The number of carboxylic acid groups (broad SMARTS) is 1. The Hall–Kier alpha value is -1.79. The lowest BCUT2D eigenvalue weighted by molar-refractivity contribution is -0.135. The number of piperidine rings is 1. The molecule has 0 aromatic heterocycles. The van der Waals surface area contributed by atoms with Crippen LogP contribution < -0.4 is 10.6 Å². The number of carboxylic acids is 1. The Bertz CT molecular complexity index is 305. The zero-order valence-electron chi connectivity index (χ0n) is 9.02. The number of carbonyl (C=O) groups is 3. The van der Waals surface area contributed by atoms with Gasteiger partial charge in [-0.15, -0.1) is 0 Å². The fourth-order valence-corrected chi connectivity index (χ4v) is 1.52. The van der Waals surface area contributed by atoms with E-state index in [9.17, 15) is 14.4 Å². The van der Waals surface area contributed by atoms with Crippen molar-refractivity contribution in [3.63, 3.8) is 0 Å². The third-order valence-corrected chi connectivity index (χ3v) is 2.36. The summed E-state index contributed by atoms with van der Waals surface area (Å²) in [5.41, 5.74) is 0. The molecule has 1 heterocycles. The highest BCUT2D eigenvalue weighted by Crippen LogP contribution is 2.09. The van der Waals surface area contributed by atoms with Crippen LogP contribution in [0.25, 0.3) is 0 Å². The van der Waals surface area contributed by atoms with E-state index in [4.69, 9.17) is 5.11 Å². The molecule has 7 heteroatoms. The summed E-state index contributed by atoms with van der Waals surface area (Å²) in [5.74, 6) is -1.03. The SMILES string of the molecule is CN1CC(NC(=O)NCC(=O)O)CCC1=O. The third-order valence-electron chi connectivity index (χ3n) is 2.36. The standard InChI is InChI=1S/C9H15N3O4/c1-12-5-6(2-3-7(12)13)11-9(16)10-4-8(14)15/h6H,2-5H2,1H3,(H,14,15)(H2,10,11,16). The van der Waals surface area contributed by atoms with Gasteiger partial charge in [-0.25, -0.2) is 4.79 Å². The van der Waals surface area contributed by atoms with Gasteiger partial charge in [-0.3, -0.25) is 9.59 Å². The van der Waals surface area contributed by atoms with E-state index in [0.717, 1.165) is 0 Å². The summed E-state index contributed by atoms with van der Waals surface area (Å²) >= 11 is 0. The zero-order valence-corrected chi connectivity index (χ0v) is 9.02. The van der Waals surface area contributed by atoms with Gasteiger partial charge >= 0.3 is 12.0 Å². The van der Waals surface area contributed by atoms with Crippen molar-refractivity contribution in [2.75, 3.05) is 20.1 Å². The minimum Gasteiger partial charge on any atom is -0.480 e. The number of hydrogen-bond donors (Lipinski definition) is 3. The molecule has 1 rings (SSSR count). The van der Waals surface area contributed by atoms with Crippen LogP contribution in [0.3, 0.4) is 0 Å². The third kappa shape index (κ3) is 3.76. The second-order valence-corrected chi connectivity index (χ2v) is 3.73. The van der Waals surface area contributed by atoms with Crippen LogP contribution in [0, 0.1) is 0 Å². The van der Waals surface area contributed by atoms with E-state index in [1.807, 2.05) is 0 Å². The minimum absolute atomic E-state index is 0.0593. The minimum atomic E-state index is -1.09. The van der Waals surface area contributed by atoms with Gasteiger partial charge < -0.3 is 20.6 Å². The normalized spacial score (nSPS) is 20.4. The highest BCUT2D eigenvalue weighted by Gasteiger charge is 2.23. The highest BCUT2D eigenvalue weighted by molar-refractivity contribution is 5.80. The molecule has 1 aliphatic heterocycles. The molecule has 0 saturated carbocycles. The van der Waals surface area contributed by atoms with Crippen molar-refractivity contribution in [3.05, 3.63) is 0 Å². The molecule has 0 aromatic carbocycles. The molecule has 1 aliphatic rings. The van der Waals surface area contributed by atoms with Gasteiger partial charge in [0.2, 0.25) is 5.91 Å². The maximum atomic E-state index is 11.2. The maximum Gasteiger partial charge on any atom is 0.323 e. The Morgan fingerprint density at radius 1 is 1.56 bits per heavy atom. The Morgan fingerprint density at radius 2 is 2.25 bits per heavy atom. The first-order valence-corrected chi connectivity index (χ1v) is 4.99. The van der Waals surface area contributed by atoms with Gasteiger partial charge in [-0.1, -0.05) is 0 Å². The van der Waals surface area contributed by atoms with Gasteiger partial charge in [0.05, 0.1) is 0 Å². The van der Waals surface area contributed by atoms with E-state index in [0.29, 0.717) is 19.4 Å². The molecule has 0 aliphatic carbocycles. The van der Waals surface area contributed by atoms with Crippen LogP contribution in [0.15, 0.2) is 0 Å². The van der Waals surface area contributed by atoms with Crippen LogP contribution in [-0.4, -0.2) is 54.1 Å². The second kappa shape index (κ2) is 5.34. The van der Waals surface area contributed by atoms with Gasteiger partial charge in [-0.2, -0.15) is 0 Å². The molecule has 16 heavy (non-hydrogen) atoms. The fourth-order valence-electron chi connectivity index (χ4n) is 1.52. The van der Waals surface area contributed by atoms with E-state index < -0.39 is 18.5 Å². The second-order valence-electron chi connectivity index (χ2n) is 3.73. The summed E-state index contributed by atoms with van der Waals surface area (Å²) in [5, 5.41) is 13.2. The van der Waals surface area contributed by atoms with Crippen molar-refractivity contribution in [1.29, 1.82) is 0 Å². The number of nitrogens with zero attached hydrogens (tertiary/aromatic N) is 1. The Kier molecular flexibility index (Phi) is 4.10. The molecule has 3 amide bonds. The first-order chi connectivity index (χ1) is 7.49. The number of amides is 3. The van der Waals surface area contributed by atoms with Gasteiger partial charge in [0.1, 0.15) is 6.54 Å². The first kappa shape index (κ1) is 12.3. The average molecular weight is 229 g/mol. The molecule has 0 bridgehead atoms. The smallest absolute Gasteiger partial charge is 0.323 e. The molecule has 3 N–H and O–H groups in total. The van der Waals surface area contributed by atoms with Crippen LogP contribution >= 0.6 is 0 Å². The molecular weight excluding hydrogens is 214 g/mol. The largest absolute Gasteiger partial charge is 0.480 e. The predicted octanol–water partition coefficient (Wildman–Crippen LogP) is -1.01. The molecular formula is C9H15N3O4. The number of urea groups is 1. The summed E-state index contributed by atoms with van der Waals surface area (Å²) in [6, 6.07) is -0.633. The number of carbonyl (C=O) groups excluding carboxylic acids is 2. The molecule has 0 aromatic rings. The summed E-state index contributed by atoms with van der Waals surface area (Å²) < 4.78 is 0. The lowest BCUT2D eigenvalue weighted by Crippen LogP contribution is -2.51. The summed E-state index contributed by atoms with van der Waals surface area (Å²) in [7, 11) is 1.67. The van der Waals surface area contributed by atoms with Crippen molar-refractivity contribution in [1.82, 2.24) is 15.5 Å².